The van der Waals surface area contributed by atoms with E-state index in [0.717, 1.165) is 18.4 Å². The van der Waals surface area contributed by atoms with Crippen LogP contribution in [0.3, 0.4) is 0 Å². The Kier molecular flexibility index (Phi) is 2.06. The Morgan fingerprint density at radius 3 is 2.57 bits per heavy atom. The Morgan fingerprint density at radius 2 is 2.07 bits per heavy atom. The van der Waals surface area contributed by atoms with E-state index in [1.807, 2.05) is 13.8 Å². The molecule has 0 atom stereocenters. The van der Waals surface area contributed by atoms with E-state index in [2.05, 4.69) is 4.98 Å². The van der Waals surface area contributed by atoms with E-state index in [-0.39, 0.29) is 17.3 Å². The van der Waals surface area contributed by atoms with Gasteiger partial charge in [0, 0.05) is 17.8 Å². The molecule has 0 aliphatic heterocycles. The Bertz CT molecular complexity index is 452. The zero-order chi connectivity index (χ0) is 10.3. The number of aromatic nitrogens is 2. The average Bonchev–Trinajstić information content (AvgIpc) is 2.86. The number of nitrogens with zero attached hydrogens (tertiary/aromatic N) is 1. The first-order valence-corrected chi connectivity index (χ1v) is 4.95. The predicted octanol–water partition coefficient (Wildman–Crippen LogP) is 0.995. The van der Waals surface area contributed by atoms with E-state index in [1.165, 1.54) is 4.57 Å². The largest absolute Gasteiger partial charge is 0.328 e. The van der Waals surface area contributed by atoms with Crippen molar-refractivity contribution in [3.05, 3.63) is 32.6 Å². The molecule has 4 heteroatoms. The van der Waals surface area contributed by atoms with Gasteiger partial charge in [0.15, 0.2) is 0 Å². The number of aromatic amines is 1. The van der Waals surface area contributed by atoms with E-state index in [1.54, 1.807) is 6.20 Å². The van der Waals surface area contributed by atoms with E-state index in [4.69, 9.17) is 0 Å². The van der Waals surface area contributed by atoms with Gasteiger partial charge in [-0.05, 0) is 32.6 Å². The zero-order valence-electron chi connectivity index (χ0n) is 8.41. The highest BCUT2D eigenvalue weighted by molar-refractivity contribution is 5.17. The van der Waals surface area contributed by atoms with Crippen molar-refractivity contribution in [2.24, 2.45) is 0 Å². The van der Waals surface area contributed by atoms with Crippen molar-refractivity contribution in [2.75, 3.05) is 0 Å². The van der Waals surface area contributed by atoms with E-state index < -0.39 is 0 Å². The minimum absolute atomic E-state index is 0.0787. The van der Waals surface area contributed by atoms with Gasteiger partial charge in [-0.15, -0.1) is 0 Å². The fourth-order valence-electron chi connectivity index (χ4n) is 1.66. The maximum atomic E-state index is 11.9. The van der Waals surface area contributed by atoms with Gasteiger partial charge in [-0.25, -0.2) is 4.79 Å². The molecule has 1 N–H and O–H groups in total. The highest BCUT2D eigenvalue weighted by Crippen LogP contribution is 2.37. The fourth-order valence-corrected chi connectivity index (χ4v) is 1.66. The van der Waals surface area contributed by atoms with Gasteiger partial charge in [-0.3, -0.25) is 9.36 Å². The van der Waals surface area contributed by atoms with Crippen molar-refractivity contribution < 1.29 is 0 Å². The molecule has 1 saturated carbocycles. The van der Waals surface area contributed by atoms with Crippen LogP contribution in [0.4, 0.5) is 0 Å². The minimum atomic E-state index is -0.311. The lowest BCUT2D eigenvalue weighted by Gasteiger charge is -2.09. The third-order valence-electron chi connectivity index (χ3n) is 2.57. The van der Waals surface area contributed by atoms with Crippen molar-refractivity contribution in [1.82, 2.24) is 9.55 Å². The normalized spacial score (nSPS) is 16.2. The van der Waals surface area contributed by atoms with Crippen LogP contribution in [-0.2, 0) is 0 Å². The summed E-state index contributed by atoms with van der Waals surface area (Å²) in [4.78, 5) is 25.9. The Morgan fingerprint density at radius 1 is 1.43 bits per heavy atom. The van der Waals surface area contributed by atoms with Crippen LogP contribution in [0.2, 0.25) is 0 Å². The van der Waals surface area contributed by atoms with Gasteiger partial charge >= 0.3 is 5.69 Å². The second-order valence-electron chi connectivity index (χ2n) is 4.09. The molecule has 0 saturated heterocycles. The van der Waals surface area contributed by atoms with E-state index in [9.17, 15) is 9.59 Å². The number of hydrogen-bond acceptors (Lipinski definition) is 2. The molecule has 4 nitrogen and oxygen atoms in total. The number of rotatable bonds is 2. The van der Waals surface area contributed by atoms with Crippen LogP contribution in [0, 0.1) is 0 Å². The Balaban J connectivity index is 2.62. The first-order valence-electron chi connectivity index (χ1n) is 4.95. The topological polar surface area (TPSA) is 54.9 Å². The third-order valence-corrected chi connectivity index (χ3v) is 2.57. The van der Waals surface area contributed by atoms with Crippen LogP contribution < -0.4 is 11.2 Å². The molecule has 0 spiro atoms. The lowest BCUT2D eigenvalue weighted by Crippen LogP contribution is -2.37. The summed E-state index contributed by atoms with van der Waals surface area (Å²) in [5.41, 5.74) is 0.332. The van der Waals surface area contributed by atoms with Crippen LogP contribution in [0.1, 0.15) is 44.2 Å². The maximum absolute atomic E-state index is 11.9. The predicted molar refractivity (Wildman–Crippen MR) is 53.7 cm³/mol. The summed E-state index contributed by atoms with van der Waals surface area (Å²) in [6.07, 6.45) is 3.71. The molecule has 1 heterocycles. The van der Waals surface area contributed by atoms with Gasteiger partial charge in [0.1, 0.15) is 0 Å². The Labute approximate surface area is 81.6 Å². The fraction of sp³-hybridized carbons (Fsp3) is 0.600. The quantitative estimate of drug-likeness (QED) is 0.763. The smallest absolute Gasteiger partial charge is 0.314 e. The molecule has 2 rings (SSSR count). The molecule has 14 heavy (non-hydrogen) atoms. The summed E-state index contributed by atoms with van der Waals surface area (Å²) >= 11 is 0. The first kappa shape index (κ1) is 9.24. The van der Waals surface area contributed by atoms with Gasteiger partial charge in [0.05, 0.1) is 0 Å². The van der Waals surface area contributed by atoms with Crippen LogP contribution in [0.15, 0.2) is 15.8 Å². The molecule has 76 valence electrons. The van der Waals surface area contributed by atoms with E-state index in [0.29, 0.717) is 5.92 Å². The van der Waals surface area contributed by atoms with Gasteiger partial charge in [0.2, 0.25) is 0 Å². The van der Waals surface area contributed by atoms with Gasteiger partial charge in [0.25, 0.3) is 5.56 Å². The van der Waals surface area contributed by atoms with Crippen molar-refractivity contribution in [1.29, 1.82) is 0 Å². The SMILES string of the molecule is CC(C)n1c(=O)[nH]cc(C2CC2)c1=O. The third kappa shape index (κ3) is 1.41. The number of nitrogens with one attached hydrogen (secondary N) is 1. The molecular formula is C10H14N2O2. The minimum Gasteiger partial charge on any atom is -0.314 e. The van der Waals surface area contributed by atoms with Crippen LogP contribution in [-0.4, -0.2) is 9.55 Å². The molecule has 0 bridgehead atoms. The summed E-state index contributed by atoms with van der Waals surface area (Å²) < 4.78 is 1.29. The average molecular weight is 194 g/mol. The molecule has 0 aromatic carbocycles. The maximum Gasteiger partial charge on any atom is 0.328 e. The molecule has 1 fully saturated rings. The van der Waals surface area contributed by atoms with Crippen LogP contribution >= 0.6 is 0 Å². The Hall–Kier alpha value is -1.32. The number of H-pyrrole nitrogens is 1. The molecule has 1 aromatic rings. The lowest BCUT2D eigenvalue weighted by molar-refractivity contribution is 0.540. The summed E-state index contributed by atoms with van der Waals surface area (Å²) in [6, 6.07) is -0.0787. The second-order valence-corrected chi connectivity index (χ2v) is 4.09. The standard InChI is InChI=1S/C10H14N2O2/c1-6(2)12-9(13)8(7-3-4-7)5-11-10(12)14/h5-7H,3-4H2,1-2H3,(H,11,14). The summed E-state index contributed by atoms with van der Waals surface area (Å²) in [5, 5.41) is 0. The second kappa shape index (κ2) is 3.12. The highest BCUT2D eigenvalue weighted by atomic mass is 16.2. The highest BCUT2D eigenvalue weighted by Gasteiger charge is 2.27. The van der Waals surface area contributed by atoms with Crippen LogP contribution in [0.25, 0.3) is 0 Å². The first-order chi connectivity index (χ1) is 6.61. The van der Waals surface area contributed by atoms with Crippen molar-refractivity contribution in [2.45, 2.75) is 38.6 Å². The molecular weight excluding hydrogens is 180 g/mol. The van der Waals surface area contributed by atoms with Crippen molar-refractivity contribution in [3.8, 4) is 0 Å². The molecule has 0 radical (unpaired) electrons. The summed E-state index contributed by atoms with van der Waals surface area (Å²) in [5.74, 6) is 0.379. The van der Waals surface area contributed by atoms with Gasteiger partial charge < -0.3 is 4.98 Å². The summed E-state index contributed by atoms with van der Waals surface area (Å²) in [7, 11) is 0. The lowest BCUT2D eigenvalue weighted by atomic mass is 10.2. The summed E-state index contributed by atoms with van der Waals surface area (Å²) in [6.45, 7) is 3.68. The van der Waals surface area contributed by atoms with Crippen LogP contribution in [0.5, 0.6) is 0 Å². The molecule has 1 aliphatic carbocycles. The zero-order valence-corrected chi connectivity index (χ0v) is 8.41. The van der Waals surface area contributed by atoms with Crippen molar-refractivity contribution >= 4 is 0 Å². The molecule has 1 aliphatic rings. The van der Waals surface area contributed by atoms with Gasteiger partial charge in [-0.1, -0.05) is 0 Å². The number of hydrogen-bond donors (Lipinski definition) is 1. The monoisotopic (exact) mass is 194 g/mol. The van der Waals surface area contributed by atoms with Gasteiger partial charge in [-0.2, -0.15) is 0 Å². The molecule has 1 aromatic heterocycles. The van der Waals surface area contributed by atoms with Crippen molar-refractivity contribution in [3.63, 3.8) is 0 Å². The molecule has 0 unspecified atom stereocenters. The van der Waals surface area contributed by atoms with E-state index >= 15 is 0 Å². The molecule has 0 amide bonds.